The molecule has 0 saturated heterocycles. The average Bonchev–Trinajstić information content (AvgIpc) is 2.95. The zero-order chi connectivity index (χ0) is 18.7. The molecule has 1 aliphatic rings. The lowest BCUT2D eigenvalue weighted by atomic mass is 10.2. The summed E-state index contributed by atoms with van der Waals surface area (Å²) in [5.74, 6) is -0.870. The Morgan fingerprint density at radius 1 is 1.38 bits per heavy atom. The Balaban J connectivity index is 1.86. The average molecular weight is 357 g/mol. The highest BCUT2D eigenvalue weighted by molar-refractivity contribution is 5.95. The predicted molar refractivity (Wildman–Crippen MR) is 95.9 cm³/mol. The van der Waals surface area contributed by atoms with Gasteiger partial charge in [0.05, 0.1) is 5.56 Å². The Bertz CT molecular complexity index is 908. The summed E-state index contributed by atoms with van der Waals surface area (Å²) in [6, 6.07) is 7.21. The van der Waals surface area contributed by atoms with Crippen molar-refractivity contribution in [3.8, 4) is 0 Å². The van der Waals surface area contributed by atoms with Crippen LogP contribution in [-0.4, -0.2) is 22.0 Å². The fourth-order valence-corrected chi connectivity index (χ4v) is 2.75. The number of carbonyl (C=O) groups excluding carboxylic acids is 1. The van der Waals surface area contributed by atoms with E-state index in [0.717, 1.165) is 12.1 Å². The molecule has 7 nitrogen and oxygen atoms in total. The summed E-state index contributed by atoms with van der Waals surface area (Å²) >= 11 is 0. The number of hydrogen-bond donors (Lipinski definition) is 3. The number of hydrogen-bond acceptors (Lipinski definition) is 5. The van der Waals surface area contributed by atoms with E-state index in [4.69, 9.17) is 0 Å². The van der Waals surface area contributed by atoms with Gasteiger partial charge in [-0.1, -0.05) is 25.5 Å². The molecule has 0 bridgehead atoms. The van der Waals surface area contributed by atoms with Gasteiger partial charge in [0.15, 0.2) is 0 Å². The largest absolute Gasteiger partial charge is 0.327 e. The van der Waals surface area contributed by atoms with E-state index in [1.54, 1.807) is 12.1 Å². The van der Waals surface area contributed by atoms with Gasteiger partial charge in [-0.3, -0.25) is 20.0 Å². The summed E-state index contributed by atoms with van der Waals surface area (Å²) in [6.45, 7) is 3.82. The number of aromatic amines is 1. The number of nitrogens with zero attached hydrogens (tertiary/aromatic N) is 2. The van der Waals surface area contributed by atoms with Crippen molar-refractivity contribution in [1.82, 2.24) is 20.7 Å². The second-order valence-corrected chi connectivity index (χ2v) is 6.04. The molecule has 3 N–H and O–H groups in total. The summed E-state index contributed by atoms with van der Waals surface area (Å²) in [5.41, 5.74) is 4.15. The van der Waals surface area contributed by atoms with E-state index in [2.05, 4.69) is 20.7 Å². The van der Waals surface area contributed by atoms with Crippen LogP contribution in [0.25, 0.3) is 0 Å². The molecule has 0 aliphatic carbocycles. The molecule has 0 fully saturated rings. The summed E-state index contributed by atoms with van der Waals surface area (Å²) in [6.07, 6.45) is 2.66. The third kappa shape index (κ3) is 3.74. The quantitative estimate of drug-likeness (QED) is 0.760. The van der Waals surface area contributed by atoms with Crippen molar-refractivity contribution < 1.29 is 9.18 Å². The van der Waals surface area contributed by atoms with Crippen LogP contribution < -0.4 is 21.3 Å². The molecule has 1 aliphatic heterocycles. The van der Waals surface area contributed by atoms with Gasteiger partial charge >= 0.3 is 0 Å². The standard InChI is InChI=1S/C18H20FN5O2/c1-3-6-12-10-16(25)22-18(20-12)24-15(9-11(2)23-24)21-17(26)13-7-4-5-8-14(13)19/h4-5,7-10,15,23H,3,6H2,1-2H3,(H,21,26)(H,20,22,25). The van der Waals surface area contributed by atoms with E-state index in [9.17, 15) is 14.0 Å². The van der Waals surface area contributed by atoms with E-state index >= 15 is 0 Å². The number of hydrazine groups is 1. The van der Waals surface area contributed by atoms with Crippen LogP contribution in [0.4, 0.5) is 10.3 Å². The van der Waals surface area contributed by atoms with Gasteiger partial charge in [0.25, 0.3) is 11.5 Å². The summed E-state index contributed by atoms with van der Waals surface area (Å²) in [4.78, 5) is 31.4. The first-order valence-electron chi connectivity index (χ1n) is 8.38. The number of benzene rings is 1. The lowest BCUT2D eigenvalue weighted by Gasteiger charge is -2.26. The molecule has 136 valence electrons. The number of aryl methyl sites for hydroxylation is 1. The van der Waals surface area contributed by atoms with Gasteiger partial charge in [0, 0.05) is 17.5 Å². The Morgan fingerprint density at radius 2 is 2.15 bits per heavy atom. The maximum atomic E-state index is 13.8. The van der Waals surface area contributed by atoms with Crippen LogP contribution in [0.1, 0.15) is 36.3 Å². The molecule has 0 saturated carbocycles. The van der Waals surface area contributed by atoms with E-state index in [-0.39, 0.29) is 17.1 Å². The van der Waals surface area contributed by atoms with Crippen molar-refractivity contribution in [2.24, 2.45) is 0 Å². The van der Waals surface area contributed by atoms with Crippen LogP contribution in [0.5, 0.6) is 0 Å². The minimum absolute atomic E-state index is 0.0495. The number of anilines is 1. The van der Waals surface area contributed by atoms with Gasteiger partial charge in [-0.15, -0.1) is 0 Å². The van der Waals surface area contributed by atoms with Gasteiger partial charge in [-0.05, 0) is 31.6 Å². The first kappa shape index (κ1) is 17.7. The maximum absolute atomic E-state index is 13.8. The highest BCUT2D eigenvalue weighted by Gasteiger charge is 2.27. The van der Waals surface area contributed by atoms with Crippen LogP contribution in [0.3, 0.4) is 0 Å². The lowest BCUT2D eigenvalue weighted by molar-refractivity contribution is 0.0939. The lowest BCUT2D eigenvalue weighted by Crippen LogP contribution is -2.50. The van der Waals surface area contributed by atoms with Crippen molar-refractivity contribution in [1.29, 1.82) is 0 Å². The molecule has 8 heteroatoms. The van der Waals surface area contributed by atoms with Crippen molar-refractivity contribution in [2.45, 2.75) is 32.9 Å². The third-order valence-corrected chi connectivity index (χ3v) is 3.90. The number of H-pyrrole nitrogens is 1. The van der Waals surface area contributed by atoms with Crippen molar-refractivity contribution in [3.63, 3.8) is 0 Å². The highest BCUT2D eigenvalue weighted by atomic mass is 19.1. The molecule has 1 aromatic heterocycles. The van der Waals surface area contributed by atoms with E-state index in [1.165, 1.54) is 29.3 Å². The number of amides is 1. The minimum Gasteiger partial charge on any atom is -0.327 e. The van der Waals surface area contributed by atoms with Crippen molar-refractivity contribution in [3.05, 3.63) is 69.5 Å². The van der Waals surface area contributed by atoms with Gasteiger partial charge in [0.1, 0.15) is 12.0 Å². The number of aromatic nitrogens is 2. The van der Waals surface area contributed by atoms with E-state index in [0.29, 0.717) is 12.1 Å². The van der Waals surface area contributed by atoms with Gasteiger partial charge < -0.3 is 5.32 Å². The Morgan fingerprint density at radius 3 is 2.88 bits per heavy atom. The van der Waals surface area contributed by atoms with Gasteiger partial charge in [-0.25, -0.2) is 14.4 Å². The van der Waals surface area contributed by atoms with E-state index in [1.807, 2.05) is 13.8 Å². The molecule has 26 heavy (non-hydrogen) atoms. The predicted octanol–water partition coefficient (Wildman–Crippen LogP) is 1.85. The Kier molecular flexibility index (Phi) is 5.01. The second-order valence-electron chi connectivity index (χ2n) is 6.04. The fraction of sp³-hybridized carbons (Fsp3) is 0.278. The van der Waals surface area contributed by atoms with Crippen molar-refractivity contribution >= 4 is 11.9 Å². The maximum Gasteiger partial charge on any atom is 0.256 e. The first-order valence-corrected chi connectivity index (χ1v) is 8.38. The number of carbonyl (C=O) groups is 1. The first-order chi connectivity index (χ1) is 12.5. The van der Waals surface area contributed by atoms with Crippen LogP contribution in [0, 0.1) is 5.82 Å². The molecule has 2 heterocycles. The Labute approximate surface area is 149 Å². The number of rotatable bonds is 5. The fourth-order valence-electron chi connectivity index (χ4n) is 2.75. The zero-order valence-corrected chi connectivity index (χ0v) is 14.5. The smallest absolute Gasteiger partial charge is 0.256 e. The number of allylic oxidation sites excluding steroid dienone is 1. The molecule has 1 aromatic carbocycles. The molecule has 2 aromatic rings. The summed E-state index contributed by atoms with van der Waals surface area (Å²) in [5, 5.41) is 4.27. The summed E-state index contributed by atoms with van der Waals surface area (Å²) in [7, 11) is 0. The molecular weight excluding hydrogens is 337 g/mol. The molecule has 0 radical (unpaired) electrons. The molecule has 1 amide bonds. The SMILES string of the molecule is CCCc1cc(=O)[nH]c(N2NC(C)=CC2NC(=O)c2ccccc2F)n1. The van der Waals surface area contributed by atoms with Crippen LogP contribution in [0.15, 0.2) is 46.9 Å². The summed E-state index contributed by atoms with van der Waals surface area (Å²) < 4.78 is 13.8. The number of halogens is 1. The highest BCUT2D eigenvalue weighted by Crippen LogP contribution is 2.16. The molecule has 0 spiro atoms. The second kappa shape index (κ2) is 7.38. The number of nitrogens with one attached hydrogen (secondary N) is 3. The molecular formula is C18H20FN5O2. The molecule has 1 unspecified atom stereocenters. The van der Waals surface area contributed by atoms with Crippen LogP contribution in [0.2, 0.25) is 0 Å². The monoisotopic (exact) mass is 357 g/mol. The normalized spacial score (nSPS) is 16.2. The molecule has 1 atom stereocenters. The third-order valence-electron chi connectivity index (χ3n) is 3.90. The van der Waals surface area contributed by atoms with Gasteiger partial charge in [-0.2, -0.15) is 0 Å². The molecule has 3 rings (SSSR count). The van der Waals surface area contributed by atoms with E-state index < -0.39 is 17.9 Å². The van der Waals surface area contributed by atoms with Crippen molar-refractivity contribution in [2.75, 3.05) is 5.01 Å². The van der Waals surface area contributed by atoms with Gasteiger partial charge in [0.2, 0.25) is 5.95 Å². The van der Waals surface area contributed by atoms with Crippen LogP contribution >= 0.6 is 0 Å². The van der Waals surface area contributed by atoms with Crippen LogP contribution in [-0.2, 0) is 6.42 Å². The topological polar surface area (TPSA) is 90.1 Å². The Hall–Kier alpha value is -3.16. The zero-order valence-electron chi connectivity index (χ0n) is 14.5. The minimum atomic E-state index is -0.623.